The van der Waals surface area contributed by atoms with E-state index < -0.39 is 0 Å². The molecule has 0 bridgehead atoms. The number of nitrogens with zero attached hydrogens (tertiary/aromatic N) is 1. The molecule has 6 nitrogen and oxygen atoms in total. The maximum atomic E-state index is 12.8. The highest BCUT2D eigenvalue weighted by atomic mass is 35.5. The summed E-state index contributed by atoms with van der Waals surface area (Å²) in [6.45, 7) is 1.21. The first kappa shape index (κ1) is 22.0. The van der Waals surface area contributed by atoms with E-state index in [-0.39, 0.29) is 17.9 Å². The first-order valence-electron chi connectivity index (χ1n) is 10.0. The lowest BCUT2D eigenvalue weighted by Crippen LogP contribution is -2.46. The zero-order valence-corrected chi connectivity index (χ0v) is 18.1. The van der Waals surface area contributed by atoms with Crippen molar-refractivity contribution in [3.8, 4) is 11.5 Å². The van der Waals surface area contributed by atoms with Crippen LogP contribution in [0.1, 0.15) is 35.2 Å². The highest BCUT2D eigenvalue weighted by Gasteiger charge is 2.25. The van der Waals surface area contributed by atoms with Crippen molar-refractivity contribution in [3.63, 3.8) is 0 Å². The Hall–Kier alpha value is -2.73. The monoisotopic (exact) mass is 430 g/mol. The fourth-order valence-electron chi connectivity index (χ4n) is 3.63. The predicted octanol–water partition coefficient (Wildman–Crippen LogP) is 3.71. The summed E-state index contributed by atoms with van der Waals surface area (Å²) in [4.78, 5) is 26.9. The Kier molecular flexibility index (Phi) is 7.57. The largest absolute Gasteiger partial charge is 0.493 e. The molecule has 1 fully saturated rings. The van der Waals surface area contributed by atoms with Gasteiger partial charge in [0.05, 0.1) is 14.2 Å². The van der Waals surface area contributed by atoms with Crippen LogP contribution in [0.3, 0.4) is 0 Å². The lowest BCUT2D eigenvalue weighted by molar-refractivity contribution is -0.122. The number of benzene rings is 2. The van der Waals surface area contributed by atoms with E-state index in [1.165, 1.54) is 0 Å². The minimum Gasteiger partial charge on any atom is -0.493 e. The van der Waals surface area contributed by atoms with Gasteiger partial charge in [-0.15, -0.1) is 0 Å². The Morgan fingerprint density at radius 3 is 2.47 bits per heavy atom. The van der Waals surface area contributed by atoms with Crippen molar-refractivity contribution < 1.29 is 19.1 Å². The van der Waals surface area contributed by atoms with Crippen molar-refractivity contribution in [3.05, 3.63) is 58.6 Å². The van der Waals surface area contributed by atoms with Gasteiger partial charge in [-0.3, -0.25) is 9.59 Å². The summed E-state index contributed by atoms with van der Waals surface area (Å²) < 4.78 is 10.5. The van der Waals surface area contributed by atoms with Gasteiger partial charge in [-0.2, -0.15) is 0 Å². The number of piperidine rings is 1. The topological polar surface area (TPSA) is 67.9 Å². The molecule has 1 aliphatic heterocycles. The van der Waals surface area contributed by atoms with Gasteiger partial charge in [-0.1, -0.05) is 23.7 Å². The van der Waals surface area contributed by atoms with Crippen molar-refractivity contribution in [2.45, 2.75) is 31.7 Å². The molecule has 1 heterocycles. The molecular weight excluding hydrogens is 404 g/mol. The Labute approximate surface area is 182 Å². The third-order valence-electron chi connectivity index (χ3n) is 5.31. The van der Waals surface area contributed by atoms with Gasteiger partial charge in [0.1, 0.15) is 0 Å². The summed E-state index contributed by atoms with van der Waals surface area (Å²) in [5, 5.41) is 3.77. The average Bonchev–Trinajstić information content (AvgIpc) is 2.77. The zero-order valence-electron chi connectivity index (χ0n) is 17.3. The molecular formula is C23H27ClN2O4. The summed E-state index contributed by atoms with van der Waals surface area (Å²) in [5.74, 6) is 1.11. The Morgan fingerprint density at radius 1 is 1.07 bits per heavy atom. The van der Waals surface area contributed by atoms with Gasteiger partial charge in [0.25, 0.3) is 5.91 Å². The molecule has 1 saturated heterocycles. The van der Waals surface area contributed by atoms with Crippen LogP contribution in [0.4, 0.5) is 0 Å². The summed E-state index contributed by atoms with van der Waals surface area (Å²) in [6, 6.07) is 12.8. The second kappa shape index (κ2) is 10.3. The highest BCUT2D eigenvalue weighted by Crippen LogP contribution is 2.28. The number of halogens is 1. The fourth-order valence-corrected chi connectivity index (χ4v) is 3.84. The van der Waals surface area contributed by atoms with Crippen LogP contribution in [-0.4, -0.2) is 50.1 Å². The molecule has 160 valence electrons. The van der Waals surface area contributed by atoms with Crippen molar-refractivity contribution in [2.75, 3.05) is 27.3 Å². The van der Waals surface area contributed by atoms with E-state index in [1.54, 1.807) is 32.4 Å². The molecule has 0 spiro atoms. The number of nitrogens with one attached hydrogen (secondary N) is 1. The minimum absolute atomic E-state index is 0.0274. The number of carbonyl (C=O) groups is 2. The smallest absolute Gasteiger partial charge is 0.253 e. The molecule has 0 aromatic heterocycles. The van der Waals surface area contributed by atoms with Crippen molar-refractivity contribution in [1.82, 2.24) is 10.2 Å². The molecule has 0 atom stereocenters. The molecule has 3 rings (SSSR count). The summed E-state index contributed by atoms with van der Waals surface area (Å²) in [5.41, 5.74) is 1.62. The van der Waals surface area contributed by atoms with Crippen LogP contribution in [0.15, 0.2) is 42.5 Å². The van der Waals surface area contributed by atoms with Crippen molar-refractivity contribution >= 4 is 23.4 Å². The first-order chi connectivity index (χ1) is 14.5. The molecule has 30 heavy (non-hydrogen) atoms. The Bertz CT molecular complexity index is 895. The summed E-state index contributed by atoms with van der Waals surface area (Å²) in [6.07, 6.45) is 2.55. The fraction of sp³-hybridized carbons (Fsp3) is 0.391. The third-order valence-corrected chi connectivity index (χ3v) is 5.54. The van der Waals surface area contributed by atoms with E-state index in [4.69, 9.17) is 21.1 Å². The maximum absolute atomic E-state index is 12.8. The lowest BCUT2D eigenvalue weighted by Gasteiger charge is -2.32. The van der Waals surface area contributed by atoms with E-state index >= 15 is 0 Å². The number of amides is 2. The van der Waals surface area contributed by atoms with E-state index in [9.17, 15) is 9.59 Å². The Morgan fingerprint density at radius 2 is 1.80 bits per heavy atom. The van der Waals surface area contributed by atoms with E-state index in [1.807, 2.05) is 29.2 Å². The standard InChI is InChI=1S/C23H27ClN2O4/c1-29-20-8-7-17(15-21(20)30-2)23(28)26-12-10-19(11-13-26)25-22(27)9-6-16-4-3-5-18(24)14-16/h3-5,7-8,14-15,19H,6,9-13H2,1-2H3,(H,25,27). The van der Waals surface area contributed by atoms with Gasteiger partial charge >= 0.3 is 0 Å². The molecule has 2 amide bonds. The van der Waals surface area contributed by atoms with Crippen LogP contribution in [0.25, 0.3) is 0 Å². The van der Waals surface area contributed by atoms with Gasteiger partial charge < -0.3 is 19.7 Å². The van der Waals surface area contributed by atoms with Gasteiger partial charge in [0, 0.05) is 36.1 Å². The van der Waals surface area contributed by atoms with Crippen LogP contribution < -0.4 is 14.8 Å². The second-order valence-electron chi connectivity index (χ2n) is 7.33. The van der Waals surface area contributed by atoms with Crippen LogP contribution in [0, 0.1) is 0 Å². The SMILES string of the molecule is COc1ccc(C(=O)N2CCC(NC(=O)CCc3cccc(Cl)c3)CC2)cc1OC. The number of aryl methyl sites for hydroxylation is 1. The Balaban J connectivity index is 1.47. The summed E-state index contributed by atoms with van der Waals surface area (Å²) >= 11 is 5.99. The van der Waals surface area contributed by atoms with Crippen molar-refractivity contribution in [1.29, 1.82) is 0 Å². The third kappa shape index (κ3) is 5.66. The molecule has 0 saturated carbocycles. The van der Waals surface area contributed by atoms with Crippen LogP contribution in [-0.2, 0) is 11.2 Å². The van der Waals surface area contributed by atoms with Crippen molar-refractivity contribution in [2.24, 2.45) is 0 Å². The average molecular weight is 431 g/mol. The zero-order chi connectivity index (χ0) is 21.5. The number of likely N-dealkylation sites (tertiary alicyclic amines) is 1. The maximum Gasteiger partial charge on any atom is 0.253 e. The van der Waals surface area contributed by atoms with Gasteiger partial charge in [-0.05, 0) is 55.2 Å². The lowest BCUT2D eigenvalue weighted by atomic mass is 10.0. The van der Waals surface area contributed by atoms with Crippen LogP contribution >= 0.6 is 11.6 Å². The molecule has 0 unspecified atom stereocenters. The molecule has 1 aliphatic rings. The molecule has 1 N–H and O–H groups in total. The molecule has 2 aromatic carbocycles. The molecule has 0 radical (unpaired) electrons. The van der Waals surface area contributed by atoms with Crippen LogP contribution in [0.2, 0.25) is 5.02 Å². The number of hydrogen-bond acceptors (Lipinski definition) is 4. The second-order valence-corrected chi connectivity index (χ2v) is 7.77. The number of ether oxygens (including phenoxy) is 2. The van der Waals surface area contributed by atoms with Gasteiger partial charge in [0.2, 0.25) is 5.91 Å². The van der Waals surface area contributed by atoms with E-state index in [2.05, 4.69) is 5.32 Å². The predicted molar refractivity (Wildman–Crippen MR) is 116 cm³/mol. The highest BCUT2D eigenvalue weighted by molar-refractivity contribution is 6.30. The summed E-state index contributed by atoms with van der Waals surface area (Å²) in [7, 11) is 3.11. The van der Waals surface area contributed by atoms with Gasteiger partial charge in [0.15, 0.2) is 11.5 Å². The molecule has 2 aromatic rings. The molecule has 0 aliphatic carbocycles. The van der Waals surface area contributed by atoms with E-state index in [0.717, 1.165) is 18.4 Å². The minimum atomic E-state index is -0.0401. The normalized spacial score (nSPS) is 14.3. The quantitative estimate of drug-likeness (QED) is 0.727. The van der Waals surface area contributed by atoms with E-state index in [0.29, 0.717) is 48.0 Å². The first-order valence-corrected chi connectivity index (χ1v) is 10.4. The number of methoxy groups -OCH3 is 2. The van der Waals surface area contributed by atoms with Gasteiger partial charge in [-0.25, -0.2) is 0 Å². The number of carbonyl (C=O) groups excluding carboxylic acids is 2. The van der Waals surface area contributed by atoms with Crippen LogP contribution in [0.5, 0.6) is 11.5 Å². The number of hydrogen-bond donors (Lipinski definition) is 1. The number of rotatable bonds is 7. The molecule has 7 heteroatoms.